The van der Waals surface area contributed by atoms with Crippen molar-refractivity contribution in [3.8, 4) is 5.75 Å². The van der Waals surface area contributed by atoms with E-state index in [1.165, 1.54) is 5.56 Å². The molecule has 1 aliphatic heterocycles. The average Bonchev–Trinajstić information content (AvgIpc) is 2.54. The molecule has 1 aromatic carbocycles. The fraction of sp³-hybridized carbons (Fsp3) is 0.588. The van der Waals surface area contributed by atoms with E-state index in [4.69, 9.17) is 10.5 Å². The number of ether oxygens (including phenoxy) is 1. The van der Waals surface area contributed by atoms with Crippen LogP contribution in [0.2, 0.25) is 0 Å². The summed E-state index contributed by atoms with van der Waals surface area (Å²) in [6, 6.07) is 7.94. The summed E-state index contributed by atoms with van der Waals surface area (Å²) in [6.07, 6.45) is 4.68. The zero-order valence-corrected chi connectivity index (χ0v) is 12.9. The maximum Gasteiger partial charge on any atom is 0.222 e. The van der Waals surface area contributed by atoms with Gasteiger partial charge in [0.25, 0.3) is 0 Å². The van der Waals surface area contributed by atoms with Crippen molar-refractivity contribution < 1.29 is 9.53 Å². The van der Waals surface area contributed by atoms with Gasteiger partial charge in [0.15, 0.2) is 0 Å². The van der Waals surface area contributed by atoms with Crippen molar-refractivity contribution in [3.63, 3.8) is 0 Å². The molecule has 1 heterocycles. The SMILES string of the molecule is COc1ccc(CCC(=O)N2CCC(CCN)CC2)cc1. The van der Waals surface area contributed by atoms with Gasteiger partial charge in [0.1, 0.15) is 5.75 Å². The van der Waals surface area contributed by atoms with Gasteiger partial charge < -0.3 is 15.4 Å². The summed E-state index contributed by atoms with van der Waals surface area (Å²) < 4.78 is 5.14. The summed E-state index contributed by atoms with van der Waals surface area (Å²) in [6.45, 7) is 2.55. The lowest BCUT2D eigenvalue weighted by Crippen LogP contribution is -2.38. The summed E-state index contributed by atoms with van der Waals surface area (Å²) in [4.78, 5) is 14.2. The van der Waals surface area contributed by atoms with Crippen molar-refractivity contribution in [2.45, 2.75) is 32.1 Å². The van der Waals surface area contributed by atoms with E-state index in [1.54, 1.807) is 7.11 Å². The molecule has 2 rings (SSSR count). The maximum atomic E-state index is 12.2. The lowest BCUT2D eigenvalue weighted by Gasteiger charge is -2.32. The molecular formula is C17H26N2O2. The van der Waals surface area contributed by atoms with Crippen LogP contribution in [-0.4, -0.2) is 37.6 Å². The number of methoxy groups -OCH3 is 1. The molecule has 1 fully saturated rings. The maximum absolute atomic E-state index is 12.2. The predicted octanol–water partition coefficient (Wildman–Crippen LogP) is 2.22. The Morgan fingerprint density at radius 2 is 1.95 bits per heavy atom. The van der Waals surface area contributed by atoms with E-state index in [0.717, 1.165) is 51.1 Å². The molecule has 0 spiro atoms. The van der Waals surface area contributed by atoms with E-state index in [0.29, 0.717) is 12.3 Å². The molecule has 0 aromatic heterocycles. The summed E-state index contributed by atoms with van der Waals surface area (Å²) in [5.74, 6) is 1.84. The van der Waals surface area contributed by atoms with Crippen LogP contribution >= 0.6 is 0 Å². The second-order valence-corrected chi connectivity index (χ2v) is 5.75. The molecule has 4 heteroatoms. The van der Waals surface area contributed by atoms with Crippen molar-refractivity contribution in [2.24, 2.45) is 11.7 Å². The number of hydrogen-bond donors (Lipinski definition) is 1. The Labute approximate surface area is 127 Å². The number of benzene rings is 1. The largest absolute Gasteiger partial charge is 0.497 e. The van der Waals surface area contributed by atoms with Gasteiger partial charge in [0, 0.05) is 19.5 Å². The van der Waals surface area contributed by atoms with Crippen LogP contribution < -0.4 is 10.5 Å². The highest BCUT2D eigenvalue weighted by Gasteiger charge is 2.21. The van der Waals surface area contributed by atoms with Crippen molar-refractivity contribution in [1.82, 2.24) is 4.90 Å². The van der Waals surface area contributed by atoms with E-state index in [-0.39, 0.29) is 5.91 Å². The number of nitrogens with two attached hydrogens (primary N) is 1. The molecule has 0 radical (unpaired) electrons. The Kier molecular flexibility index (Phi) is 6.05. The monoisotopic (exact) mass is 290 g/mol. The number of amides is 1. The summed E-state index contributed by atoms with van der Waals surface area (Å²) >= 11 is 0. The summed E-state index contributed by atoms with van der Waals surface area (Å²) in [7, 11) is 1.66. The zero-order chi connectivity index (χ0) is 15.1. The van der Waals surface area contributed by atoms with Crippen molar-refractivity contribution in [3.05, 3.63) is 29.8 Å². The summed E-state index contributed by atoms with van der Waals surface area (Å²) in [5.41, 5.74) is 6.78. The van der Waals surface area contributed by atoms with Crippen LogP contribution in [0.5, 0.6) is 5.75 Å². The third kappa shape index (κ3) is 4.74. The highest BCUT2D eigenvalue weighted by atomic mass is 16.5. The van der Waals surface area contributed by atoms with Gasteiger partial charge in [-0.25, -0.2) is 0 Å². The Morgan fingerprint density at radius 1 is 1.29 bits per heavy atom. The molecule has 4 nitrogen and oxygen atoms in total. The first kappa shape index (κ1) is 15.8. The van der Waals surface area contributed by atoms with Gasteiger partial charge in [0.05, 0.1) is 7.11 Å². The summed E-state index contributed by atoms with van der Waals surface area (Å²) in [5, 5.41) is 0. The lowest BCUT2D eigenvalue weighted by atomic mass is 9.93. The standard InChI is InChI=1S/C17H26N2O2/c1-21-16-5-2-14(3-6-16)4-7-17(20)19-12-9-15(8-11-18)10-13-19/h2-3,5-6,15H,4,7-13,18H2,1H3. The minimum atomic E-state index is 0.275. The van der Waals surface area contributed by atoms with Crippen LogP contribution in [0.15, 0.2) is 24.3 Å². The zero-order valence-electron chi connectivity index (χ0n) is 12.9. The number of carbonyl (C=O) groups excluding carboxylic acids is 1. The van der Waals surface area contributed by atoms with Gasteiger partial charge in [-0.15, -0.1) is 0 Å². The molecule has 0 bridgehead atoms. The molecule has 1 aromatic rings. The number of nitrogens with zero attached hydrogens (tertiary/aromatic N) is 1. The second-order valence-electron chi connectivity index (χ2n) is 5.75. The third-order valence-electron chi connectivity index (χ3n) is 4.33. The molecule has 0 unspecified atom stereocenters. The molecular weight excluding hydrogens is 264 g/mol. The normalized spacial score (nSPS) is 16.0. The fourth-order valence-corrected chi connectivity index (χ4v) is 2.91. The number of aryl methyl sites for hydroxylation is 1. The van der Waals surface area contributed by atoms with Crippen LogP contribution in [0.25, 0.3) is 0 Å². The highest BCUT2D eigenvalue weighted by Crippen LogP contribution is 2.20. The molecule has 1 aliphatic rings. The quantitative estimate of drug-likeness (QED) is 0.874. The van der Waals surface area contributed by atoms with E-state index >= 15 is 0 Å². The number of piperidine rings is 1. The van der Waals surface area contributed by atoms with Gasteiger partial charge in [-0.3, -0.25) is 4.79 Å². The first-order chi connectivity index (χ1) is 10.2. The van der Waals surface area contributed by atoms with Crippen molar-refractivity contribution >= 4 is 5.91 Å². The van der Waals surface area contributed by atoms with Crippen LogP contribution in [0.3, 0.4) is 0 Å². The first-order valence-electron chi connectivity index (χ1n) is 7.83. The minimum absolute atomic E-state index is 0.275. The molecule has 0 atom stereocenters. The molecule has 1 amide bonds. The molecule has 21 heavy (non-hydrogen) atoms. The van der Waals surface area contributed by atoms with Crippen molar-refractivity contribution in [2.75, 3.05) is 26.7 Å². The molecule has 1 saturated heterocycles. The Morgan fingerprint density at radius 3 is 2.52 bits per heavy atom. The molecule has 116 valence electrons. The minimum Gasteiger partial charge on any atom is -0.497 e. The number of likely N-dealkylation sites (tertiary alicyclic amines) is 1. The van der Waals surface area contributed by atoms with E-state index in [1.807, 2.05) is 29.2 Å². The average molecular weight is 290 g/mol. The smallest absolute Gasteiger partial charge is 0.222 e. The van der Waals surface area contributed by atoms with Crippen LogP contribution in [0.1, 0.15) is 31.2 Å². The molecule has 2 N–H and O–H groups in total. The van der Waals surface area contributed by atoms with E-state index < -0.39 is 0 Å². The highest BCUT2D eigenvalue weighted by molar-refractivity contribution is 5.76. The number of rotatable bonds is 6. The Balaban J connectivity index is 1.74. The topological polar surface area (TPSA) is 55.6 Å². The van der Waals surface area contributed by atoms with Crippen LogP contribution in [-0.2, 0) is 11.2 Å². The predicted molar refractivity (Wildman–Crippen MR) is 84.3 cm³/mol. The molecule has 0 aliphatic carbocycles. The number of hydrogen-bond acceptors (Lipinski definition) is 3. The Bertz CT molecular complexity index is 437. The lowest BCUT2D eigenvalue weighted by molar-refractivity contribution is -0.132. The van der Waals surface area contributed by atoms with E-state index in [2.05, 4.69) is 0 Å². The van der Waals surface area contributed by atoms with Gasteiger partial charge in [0.2, 0.25) is 5.91 Å². The van der Waals surface area contributed by atoms with Crippen molar-refractivity contribution in [1.29, 1.82) is 0 Å². The van der Waals surface area contributed by atoms with Crippen LogP contribution in [0.4, 0.5) is 0 Å². The second kappa shape index (κ2) is 8.03. The fourth-order valence-electron chi connectivity index (χ4n) is 2.91. The Hall–Kier alpha value is -1.55. The van der Waals surface area contributed by atoms with Gasteiger partial charge in [-0.1, -0.05) is 12.1 Å². The van der Waals surface area contributed by atoms with E-state index in [9.17, 15) is 4.79 Å². The third-order valence-corrected chi connectivity index (χ3v) is 4.33. The van der Waals surface area contributed by atoms with Gasteiger partial charge in [-0.05, 0) is 55.8 Å². The number of carbonyl (C=O) groups is 1. The van der Waals surface area contributed by atoms with Crippen LogP contribution in [0, 0.1) is 5.92 Å². The molecule has 0 saturated carbocycles. The first-order valence-corrected chi connectivity index (χ1v) is 7.83. The van der Waals surface area contributed by atoms with Gasteiger partial charge >= 0.3 is 0 Å². The van der Waals surface area contributed by atoms with Gasteiger partial charge in [-0.2, -0.15) is 0 Å².